The first kappa shape index (κ1) is 18.4. The lowest BCUT2D eigenvalue weighted by atomic mass is 10.1. The molecule has 0 unspecified atom stereocenters. The molecule has 2 heterocycles. The summed E-state index contributed by atoms with van der Waals surface area (Å²) in [4.78, 5) is 28.7. The normalized spacial score (nSPS) is 10.7. The van der Waals surface area contributed by atoms with Crippen molar-refractivity contribution >= 4 is 28.8 Å². The summed E-state index contributed by atoms with van der Waals surface area (Å²) in [5.41, 5.74) is 3.84. The third-order valence-corrected chi connectivity index (χ3v) is 4.41. The van der Waals surface area contributed by atoms with Crippen LogP contribution >= 0.6 is 0 Å². The maximum atomic E-state index is 12.7. The van der Waals surface area contributed by atoms with Gasteiger partial charge in [0, 0.05) is 6.54 Å². The molecule has 4 aromatic rings. The molecule has 4 rings (SSSR count). The average molecular weight is 388 g/mol. The number of nitrogens with zero attached hydrogens (tertiary/aromatic N) is 3. The van der Waals surface area contributed by atoms with Crippen LogP contribution in [0.15, 0.2) is 54.9 Å². The van der Waals surface area contributed by atoms with Gasteiger partial charge in [-0.2, -0.15) is 9.97 Å². The minimum absolute atomic E-state index is 0.159. The van der Waals surface area contributed by atoms with E-state index in [0.717, 1.165) is 5.56 Å². The third-order valence-electron chi connectivity index (χ3n) is 4.41. The van der Waals surface area contributed by atoms with Crippen molar-refractivity contribution in [1.82, 2.24) is 19.9 Å². The van der Waals surface area contributed by atoms with Gasteiger partial charge in [-0.25, -0.2) is 4.98 Å². The van der Waals surface area contributed by atoms with Crippen LogP contribution in [-0.2, 0) is 6.54 Å². The van der Waals surface area contributed by atoms with Crippen molar-refractivity contribution in [3.05, 3.63) is 71.5 Å². The smallest absolute Gasteiger partial charge is 0.261 e. The van der Waals surface area contributed by atoms with E-state index in [0.29, 0.717) is 34.8 Å². The van der Waals surface area contributed by atoms with E-state index in [9.17, 15) is 4.79 Å². The van der Waals surface area contributed by atoms with Crippen LogP contribution < -0.4 is 15.4 Å². The number of carbonyl (C=O) groups is 1. The quantitative estimate of drug-likeness (QED) is 0.467. The highest BCUT2D eigenvalue weighted by molar-refractivity contribution is 6.05. The Labute approximate surface area is 167 Å². The van der Waals surface area contributed by atoms with Crippen LogP contribution in [0.25, 0.3) is 11.2 Å². The van der Waals surface area contributed by atoms with E-state index >= 15 is 0 Å². The maximum Gasteiger partial charge on any atom is 0.261 e. The fraction of sp³-hybridized carbons (Fsp3) is 0.143. The first-order chi connectivity index (χ1) is 14.1. The summed E-state index contributed by atoms with van der Waals surface area (Å²) in [5.74, 6) is 0.835. The van der Waals surface area contributed by atoms with Crippen molar-refractivity contribution in [2.45, 2.75) is 13.5 Å². The van der Waals surface area contributed by atoms with E-state index in [1.54, 1.807) is 30.6 Å². The number of aromatic amines is 1. The topological polar surface area (TPSA) is 105 Å². The molecule has 0 atom stereocenters. The van der Waals surface area contributed by atoms with Gasteiger partial charge in [0.25, 0.3) is 5.91 Å². The number of aromatic nitrogens is 4. The number of amides is 1. The molecular weight excluding hydrogens is 368 g/mol. The van der Waals surface area contributed by atoms with E-state index in [2.05, 4.69) is 36.6 Å². The first-order valence-corrected chi connectivity index (χ1v) is 9.09. The van der Waals surface area contributed by atoms with Gasteiger partial charge < -0.3 is 15.0 Å². The Morgan fingerprint density at radius 3 is 2.83 bits per heavy atom. The molecule has 1 amide bonds. The molecule has 0 aliphatic rings. The standard InChI is InChI=1S/C21H20N6O2/c1-13-6-5-7-14(10-13)11-22-18-17-19(24-12-23-17)26-21(25-18)27-20(28)15-8-3-4-9-16(15)29-2/h3-10,12H,11H2,1-2H3,(H3,22,23,24,25,26,27,28). The lowest BCUT2D eigenvalue weighted by Gasteiger charge is -2.11. The van der Waals surface area contributed by atoms with Crippen LogP contribution in [-0.4, -0.2) is 33.0 Å². The maximum absolute atomic E-state index is 12.7. The largest absolute Gasteiger partial charge is 0.496 e. The number of hydrogen-bond donors (Lipinski definition) is 3. The molecule has 146 valence electrons. The van der Waals surface area contributed by atoms with Crippen LogP contribution in [0, 0.1) is 6.92 Å². The summed E-state index contributed by atoms with van der Waals surface area (Å²) in [5, 5.41) is 6.02. The van der Waals surface area contributed by atoms with E-state index in [1.165, 1.54) is 12.7 Å². The number of rotatable bonds is 6. The molecule has 0 aliphatic heterocycles. The molecule has 2 aromatic heterocycles. The fourth-order valence-corrected chi connectivity index (χ4v) is 3.03. The number of benzene rings is 2. The van der Waals surface area contributed by atoms with Crippen LogP contribution in [0.3, 0.4) is 0 Å². The molecule has 0 spiro atoms. The van der Waals surface area contributed by atoms with Crippen molar-refractivity contribution < 1.29 is 9.53 Å². The fourth-order valence-electron chi connectivity index (χ4n) is 3.03. The van der Waals surface area contributed by atoms with Gasteiger partial charge >= 0.3 is 0 Å². The zero-order chi connectivity index (χ0) is 20.2. The zero-order valence-electron chi connectivity index (χ0n) is 16.1. The Kier molecular flexibility index (Phi) is 5.07. The molecule has 8 heteroatoms. The molecule has 2 aromatic carbocycles. The molecule has 29 heavy (non-hydrogen) atoms. The predicted molar refractivity (Wildman–Crippen MR) is 111 cm³/mol. The lowest BCUT2D eigenvalue weighted by molar-refractivity contribution is 0.102. The summed E-state index contributed by atoms with van der Waals surface area (Å²) in [6.07, 6.45) is 1.54. The van der Waals surface area contributed by atoms with E-state index in [1.807, 2.05) is 25.1 Å². The van der Waals surface area contributed by atoms with Crippen molar-refractivity contribution in [1.29, 1.82) is 0 Å². The molecular formula is C21H20N6O2. The first-order valence-electron chi connectivity index (χ1n) is 9.09. The number of para-hydroxylation sites is 1. The SMILES string of the molecule is COc1ccccc1C(=O)Nc1nc(NCc2cccc(C)c2)c2[nH]cnc2n1. The van der Waals surface area contributed by atoms with Gasteiger partial charge in [0.05, 0.1) is 19.0 Å². The molecule has 0 saturated heterocycles. The Bertz CT molecular complexity index is 1170. The summed E-state index contributed by atoms with van der Waals surface area (Å²) in [6.45, 7) is 2.62. The van der Waals surface area contributed by atoms with Gasteiger partial charge in [-0.1, -0.05) is 42.0 Å². The second-order valence-corrected chi connectivity index (χ2v) is 6.49. The number of H-pyrrole nitrogens is 1. The molecule has 0 radical (unpaired) electrons. The number of nitrogens with one attached hydrogen (secondary N) is 3. The Morgan fingerprint density at radius 1 is 1.14 bits per heavy atom. The Balaban J connectivity index is 1.60. The van der Waals surface area contributed by atoms with E-state index < -0.39 is 0 Å². The summed E-state index contributed by atoms with van der Waals surface area (Å²) < 4.78 is 5.25. The highest BCUT2D eigenvalue weighted by Crippen LogP contribution is 2.22. The number of methoxy groups -OCH3 is 1. The summed E-state index contributed by atoms with van der Waals surface area (Å²) in [7, 11) is 1.52. The molecule has 8 nitrogen and oxygen atoms in total. The monoisotopic (exact) mass is 388 g/mol. The average Bonchev–Trinajstić information content (AvgIpc) is 3.20. The summed E-state index contributed by atoms with van der Waals surface area (Å²) >= 11 is 0. The number of aryl methyl sites for hydroxylation is 1. The van der Waals surface area contributed by atoms with Crippen LogP contribution in [0.2, 0.25) is 0 Å². The highest BCUT2D eigenvalue weighted by atomic mass is 16.5. The van der Waals surface area contributed by atoms with Crippen LogP contribution in [0.5, 0.6) is 5.75 Å². The van der Waals surface area contributed by atoms with Gasteiger partial charge in [-0.05, 0) is 24.6 Å². The minimum Gasteiger partial charge on any atom is -0.496 e. The predicted octanol–water partition coefficient (Wildman–Crippen LogP) is 3.53. The number of hydrogen-bond acceptors (Lipinski definition) is 6. The second-order valence-electron chi connectivity index (χ2n) is 6.49. The van der Waals surface area contributed by atoms with Gasteiger partial charge in [0.2, 0.25) is 5.95 Å². The van der Waals surface area contributed by atoms with Crippen molar-refractivity contribution in [3.63, 3.8) is 0 Å². The molecule has 3 N–H and O–H groups in total. The Hall–Kier alpha value is -3.94. The van der Waals surface area contributed by atoms with E-state index in [4.69, 9.17) is 4.74 Å². The van der Waals surface area contributed by atoms with E-state index in [-0.39, 0.29) is 11.9 Å². The van der Waals surface area contributed by atoms with Crippen molar-refractivity contribution in [2.75, 3.05) is 17.7 Å². The lowest BCUT2D eigenvalue weighted by Crippen LogP contribution is -2.16. The van der Waals surface area contributed by atoms with Gasteiger partial charge in [-0.3, -0.25) is 10.1 Å². The number of ether oxygens (including phenoxy) is 1. The van der Waals surface area contributed by atoms with Gasteiger partial charge in [0.1, 0.15) is 11.3 Å². The number of carbonyl (C=O) groups excluding carboxylic acids is 1. The number of anilines is 2. The zero-order valence-corrected chi connectivity index (χ0v) is 16.1. The van der Waals surface area contributed by atoms with Crippen molar-refractivity contribution in [2.24, 2.45) is 0 Å². The van der Waals surface area contributed by atoms with Crippen molar-refractivity contribution in [3.8, 4) is 5.75 Å². The third kappa shape index (κ3) is 4.01. The van der Waals surface area contributed by atoms with Crippen LogP contribution in [0.1, 0.15) is 21.5 Å². The van der Waals surface area contributed by atoms with Gasteiger partial charge in [0.15, 0.2) is 11.5 Å². The molecule has 0 bridgehead atoms. The molecule has 0 saturated carbocycles. The second kappa shape index (κ2) is 7.97. The number of fused-ring (bicyclic) bond motifs is 1. The highest BCUT2D eigenvalue weighted by Gasteiger charge is 2.16. The minimum atomic E-state index is -0.359. The molecule has 0 aliphatic carbocycles. The van der Waals surface area contributed by atoms with Crippen LogP contribution in [0.4, 0.5) is 11.8 Å². The van der Waals surface area contributed by atoms with Gasteiger partial charge in [-0.15, -0.1) is 0 Å². The summed E-state index contributed by atoms with van der Waals surface area (Å²) in [6, 6.07) is 15.2. The molecule has 0 fully saturated rings. The number of imidazole rings is 1. The Morgan fingerprint density at radius 2 is 2.00 bits per heavy atom.